The molecule has 0 bridgehead atoms. The first-order valence-corrected chi connectivity index (χ1v) is 7.38. The van der Waals surface area contributed by atoms with Crippen LogP contribution in [0.4, 0.5) is 13.2 Å². The number of aromatic amines is 1. The summed E-state index contributed by atoms with van der Waals surface area (Å²) in [6.45, 7) is 0. The summed E-state index contributed by atoms with van der Waals surface area (Å²) in [6.07, 6.45) is -1.65. The summed E-state index contributed by atoms with van der Waals surface area (Å²) in [5.74, 6) is 0. The molecule has 0 fully saturated rings. The lowest BCUT2D eigenvalue weighted by molar-refractivity contribution is -0.136. The van der Waals surface area contributed by atoms with Crippen molar-refractivity contribution in [2.24, 2.45) is 0 Å². The van der Waals surface area contributed by atoms with Gasteiger partial charge in [-0.15, -0.1) is 0 Å². The average Bonchev–Trinajstić information content (AvgIpc) is 2.61. The van der Waals surface area contributed by atoms with Gasteiger partial charge in [-0.3, -0.25) is 9.78 Å². The van der Waals surface area contributed by atoms with Gasteiger partial charge in [0.2, 0.25) is 0 Å². The number of rotatable bonds is 1. The Morgan fingerprint density at radius 1 is 0.960 bits per heavy atom. The Hall–Kier alpha value is -3.22. The molecule has 25 heavy (non-hydrogen) atoms. The fraction of sp³-hybridized carbons (Fsp3) is 0.0556. The molecule has 3 aromatic heterocycles. The van der Waals surface area contributed by atoms with Crippen molar-refractivity contribution in [3.63, 3.8) is 0 Å². The predicted octanol–water partition coefficient (Wildman–Crippen LogP) is 4.16. The molecule has 0 atom stereocenters. The zero-order chi connectivity index (χ0) is 17.6. The second-order valence-corrected chi connectivity index (χ2v) is 5.51. The van der Waals surface area contributed by atoms with Gasteiger partial charge >= 0.3 is 6.18 Å². The Bertz CT molecular complexity index is 1150. The van der Waals surface area contributed by atoms with E-state index in [1.54, 1.807) is 24.3 Å². The summed E-state index contributed by atoms with van der Waals surface area (Å²) in [7, 11) is 0. The van der Waals surface area contributed by atoms with Gasteiger partial charge in [-0.25, -0.2) is 4.98 Å². The van der Waals surface area contributed by atoms with Crippen LogP contribution in [0.25, 0.3) is 33.1 Å². The molecule has 0 aliphatic carbocycles. The Balaban J connectivity index is 2.19. The van der Waals surface area contributed by atoms with Crippen LogP contribution in [0.1, 0.15) is 5.56 Å². The zero-order valence-corrected chi connectivity index (χ0v) is 12.6. The summed E-state index contributed by atoms with van der Waals surface area (Å²) in [5.41, 5.74) is -0.803. The molecule has 4 aromatic rings. The summed E-state index contributed by atoms with van der Waals surface area (Å²) < 4.78 is 41.1. The quantitative estimate of drug-likeness (QED) is 0.529. The third kappa shape index (κ3) is 2.53. The molecule has 0 saturated heterocycles. The molecular weight excluding hydrogens is 331 g/mol. The maximum atomic E-state index is 13.7. The van der Waals surface area contributed by atoms with Crippen LogP contribution in [0.2, 0.25) is 0 Å². The lowest BCUT2D eigenvalue weighted by Gasteiger charge is -2.14. The van der Waals surface area contributed by atoms with E-state index in [2.05, 4.69) is 15.0 Å². The van der Waals surface area contributed by atoms with Gasteiger partial charge in [-0.2, -0.15) is 13.2 Å². The van der Waals surface area contributed by atoms with Crippen molar-refractivity contribution in [2.75, 3.05) is 0 Å². The topological polar surface area (TPSA) is 58.6 Å². The van der Waals surface area contributed by atoms with Gasteiger partial charge in [-0.1, -0.05) is 18.2 Å². The lowest BCUT2D eigenvalue weighted by Crippen LogP contribution is -2.12. The van der Waals surface area contributed by atoms with E-state index in [1.165, 1.54) is 24.5 Å². The minimum Gasteiger partial charge on any atom is -0.306 e. The van der Waals surface area contributed by atoms with Gasteiger partial charge in [0.25, 0.3) is 5.56 Å². The van der Waals surface area contributed by atoms with Crippen LogP contribution in [-0.4, -0.2) is 15.0 Å². The minimum atomic E-state index is -4.59. The zero-order valence-electron chi connectivity index (χ0n) is 12.6. The van der Waals surface area contributed by atoms with Crippen molar-refractivity contribution in [2.45, 2.75) is 6.18 Å². The fourth-order valence-electron chi connectivity index (χ4n) is 2.88. The van der Waals surface area contributed by atoms with E-state index in [0.29, 0.717) is 5.56 Å². The smallest absolute Gasteiger partial charge is 0.306 e. The monoisotopic (exact) mass is 341 g/mol. The lowest BCUT2D eigenvalue weighted by atomic mass is 10.0. The van der Waals surface area contributed by atoms with E-state index in [4.69, 9.17) is 0 Å². The number of hydrogen-bond donors (Lipinski definition) is 1. The van der Waals surface area contributed by atoms with Crippen molar-refractivity contribution in [3.05, 3.63) is 70.8 Å². The van der Waals surface area contributed by atoms with Gasteiger partial charge in [0, 0.05) is 28.7 Å². The third-order valence-electron chi connectivity index (χ3n) is 3.97. The van der Waals surface area contributed by atoms with Crippen LogP contribution >= 0.6 is 0 Å². The maximum absolute atomic E-state index is 13.7. The molecule has 0 aliphatic heterocycles. The molecule has 3 heterocycles. The first kappa shape index (κ1) is 15.3. The van der Waals surface area contributed by atoms with Crippen molar-refractivity contribution in [1.29, 1.82) is 0 Å². The van der Waals surface area contributed by atoms with Gasteiger partial charge in [0.15, 0.2) is 0 Å². The highest BCUT2D eigenvalue weighted by Crippen LogP contribution is 2.38. The minimum absolute atomic E-state index is 0.0923. The second kappa shape index (κ2) is 5.41. The molecule has 1 N–H and O–H groups in total. The summed E-state index contributed by atoms with van der Waals surface area (Å²) in [6, 6.07) is 10.3. The summed E-state index contributed by atoms with van der Waals surface area (Å²) in [4.78, 5) is 22.8. The standard InChI is InChI=1S/C18H10F3N3O/c19-18(20,21)13-9-14(10-5-7-22-8-6-10)23-16-15(13)11-3-1-2-4-12(11)17(25)24-16/h1-9H,(H,23,24,25). The van der Waals surface area contributed by atoms with E-state index < -0.39 is 17.3 Å². The van der Waals surface area contributed by atoms with Crippen LogP contribution in [0.5, 0.6) is 0 Å². The third-order valence-corrected chi connectivity index (χ3v) is 3.97. The van der Waals surface area contributed by atoms with Crippen LogP contribution in [0.15, 0.2) is 59.7 Å². The number of H-pyrrole nitrogens is 1. The highest BCUT2D eigenvalue weighted by molar-refractivity contribution is 6.06. The van der Waals surface area contributed by atoms with E-state index in [9.17, 15) is 18.0 Å². The molecule has 0 saturated carbocycles. The molecule has 4 rings (SSSR count). The molecule has 124 valence electrons. The molecule has 0 unspecified atom stereocenters. The van der Waals surface area contributed by atoms with Crippen molar-refractivity contribution < 1.29 is 13.2 Å². The van der Waals surface area contributed by atoms with Crippen molar-refractivity contribution >= 4 is 21.8 Å². The Kier molecular flexibility index (Phi) is 3.31. The SMILES string of the molecule is O=c1[nH]c2nc(-c3ccncc3)cc(C(F)(F)F)c2c2ccccc12. The number of pyridine rings is 3. The number of hydrogen-bond acceptors (Lipinski definition) is 3. The van der Waals surface area contributed by atoms with E-state index in [1.807, 2.05) is 0 Å². The molecule has 0 aliphatic rings. The number of aromatic nitrogens is 3. The molecule has 0 amide bonds. The summed E-state index contributed by atoms with van der Waals surface area (Å²) >= 11 is 0. The van der Waals surface area contributed by atoms with E-state index in [-0.39, 0.29) is 27.5 Å². The van der Waals surface area contributed by atoms with Gasteiger partial charge in [-0.05, 0) is 29.7 Å². The molecule has 0 spiro atoms. The van der Waals surface area contributed by atoms with E-state index >= 15 is 0 Å². The molecule has 1 aromatic carbocycles. The Morgan fingerprint density at radius 3 is 2.32 bits per heavy atom. The summed E-state index contributed by atoms with van der Waals surface area (Å²) in [5, 5.41) is 0.307. The highest BCUT2D eigenvalue weighted by atomic mass is 19.4. The van der Waals surface area contributed by atoms with Crippen LogP contribution in [0, 0.1) is 0 Å². The highest BCUT2D eigenvalue weighted by Gasteiger charge is 2.34. The molecule has 7 heteroatoms. The Labute approximate surface area is 139 Å². The predicted molar refractivity (Wildman–Crippen MR) is 88.1 cm³/mol. The average molecular weight is 341 g/mol. The number of nitrogens with zero attached hydrogens (tertiary/aromatic N) is 2. The number of halogens is 3. The molecule has 0 radical (unpaired) electrons. The van der Waals surface area contributed by atoms with Gasteiger partial charge < -0.3 is 4.98 Å². The Morgan fingerprint density at radius 2 is 1.64 bits per heavy atom. The first-order valence-electron chi connectivity index (χ1n) is 7.38. The number of benzene rings is 1. The number of nitrogens with one attached hydrogen (secondary N) is 1. The second-order valence-electron chi connectivity index (χ2n) is 5.51. The van der Waals surface area contributed by atoms with Crippen molar-refractivity contribution in [1.82, 2.24) is 15.0 Å². The van der Waals surface area contributed by atoms with Crippen molar-refractivity contribution in [3.8, 4) is 11.3 Å². The van der Waals surface area contributed by atoms with Gasteiger partial charge in [0.05, 0.1) is 11.3 Å². The first-order chi connectivity index (χ1) is 11.9. The van der Waals surface area contributed by atoms with Crippen LogP contribution in [0.3, 0.4) is 0 Å². The van der Waals surface area contributed by atoms with Gasteiger partial charge in [0.1, 0.15) is 5.65 Å². The van der Waals surface area contributed by atoms with E-state index in [0.717, 1.165) is 6.07 Å². The molecule has 4 nitrogen and oxygen atoms in total. The van der Waals surface area contributed by atoms with Crippen LogP contribution in [-0.2, 0) is 6.18 Å². The number of fused-ring (bicyclic) bond motifs is 3. The largest absolute Gasteiger partial charge is 0.417 e. The fourth-order valence-corrected chi connectivity index (χ4v) is 2.88. The maximum Gasteiger partial charge on any atom is 0.417 e. The normalized spacial score (nSPS) is 12.0. The number of alkyl halides is 3. The molecular formula is C18H10F3N3O. The van der Waals surface area contributed by atoms with Crippen LogP contribution < -0.4 is 5.56 Å².